The standard InChI is InChI=1S/C13H17ClFN3O/c1-5-10(13(2,3)4)18(19)12-9(15)6-8(7-16)11(14)17-12/h6,10,19H,5H2,1-4H3. The number of aromatic nitrogens is 1. The lowest BCUT2D eigenvalue weighted by Gasteiger charge is -2.36. The number of nitrogens with zero attached hydrogens (tertiary/aromatic N) is 3. The molecule has 1 aromatic rings. The summed E-state index contributed by atoms with van der Waals surface area (Å²) in [5, 5.41) is 19.6. The number of hydrogen-bond acceptors (Lipinski definition) is 4. The van der Waals surface area contributed by atoms with E-state index in [9.17, 15) is 9.60 Å². The van der Waals surface area contributed by atoms with Crippen molar-refractivity contribution in [2.45, 2.75) is 40.2 Å². The molecule has 0 radical (unpaired) electrons. The lowest BCUT2D eigenvalue weighted by Crippen LogP contribution is -2.42. The number of nitriles is 1. The van der Waals surface area contributed by atoms with Gasteiger partial charge in [0, 0.05) is 0 Å². The Morgan fingerprint density at radius 1 is 1.58 bits per heavy atom. The molecule has 0 aliphatic heterocycles. The van der Waals surface area contributed by atoms with Crippen LogP contribution in [0.15, 0.2) is 6.07 Å². The van der Waals surface area contributed by atoms with E-state index in [4.69, 9.17) is 16.9 Å². The molecular weight excluding hydrogens is 269 g/mol. The van der Waals surface area contributed by atoms with Crippen molar-refractivity contribution < 1.29 is 9.60 Å². The van der Waals surface area contributed by atoms with Gasteiger partial charge in [-0.25, -0.2) is 14.4 Å². The first kappa shape index (κ1) is 15.7. The summed E-state index contributed by atoms with van der Waals surface area (Å²) in [6.07, 6.45) is 0.610. The quantitative estimate of drug-likeness (QED) is 0.678. The van der Waals surface area contributed by atoms with Crippen molar-refractivity contribution in [3.8, 4) is 6.07 Å². The molecule has 19 heavy (non-hydrogen) atoms. The van der Waals surface area contributed by atoms with E-state index in [-0.39, 0.29) is 28.0 Å². The van der Waals surface area contributed by atoms with Crippen molar-refractivity contribution in [1.82, 2.24) is 4.98 Å². The molecule has 0 aliphatic carbocycles. The second-order valence-corrected chi connectivity index (χ2v) is 5.74. The van der Waals surface area contributed by atoms with Crippen molar-refractivity contribution in [3.05, 3.63) is 22.6 Å². The highest BCUT2D eigenvalue weighted by Gasteiger charge is 2.31. The predicted octanol–water partition coefficient (Wildman–Crippen LogP) is 3.77. The van der Waals surface area contributed by atoms with Gasteiger partial charge >= 0.3 is 0 Å². The first-order valence-corrected chi connectivity index (χ1v) is 6.34. The number of halogens is 2. The smallest absolute Gasteiger partial charge is 0.190 e. The molecule has 0 saturated carbocycles. The van der Waals surface area contributed by atoms with E-state index in [0.29, 0.717) is 6.42 Å². The van der Waals surface area contributed by atoms with Crippen LogP contribution in [0.2, 0.25) is 5.15 Å². The van der Waals surface area contributed by atoms with E-state index in [1.54, 1.807) is 6.07 Å². The Morgan fingerprint density at radius 3 is 2.58 bits per heavy atom. The van der Waals surface area contributed by atoms with E-state index in [1.807, 2.05) is 27.7 Å². The van der Waals surface area contributed by atoms with Crippen LogP contribution in [0.1, 0.15) is 39.7 Å². The topological polar surface area (TPSA) is 60.1 Å². The minimum atomic E-state index is -0.772. The van der Waals surface area contributed by atoms with Crippen LogP contribution in [0.3, 0.4) is 0 Å². The van der Waals surface area contributed by atoms with Crippen molar-refractivity contribution in [1.29, 1.82) is 5.26 Å². The van der Waals surface area contributed by atoms with Crippen LogP contribution < -0.4 is 5.06 Å². The zero-order valence-electron chi connectivity index (χ0n) is 11.4. The Kier molecular flexibility index (Phi) is 4.72. The summed E-state index contributed by atoms with van der Waals surface area (Å²) in [5.74, 6) is -1.03. The van der Waals surface area contributed by atoms with Gasteiger partial charge < -0.3 is 0 Å². The van der Waals surface area contributed by atoms with E-state index < -0.39 is 5.82 Å². The highest BCUT2D eigenvalue weighted by Crippen LogP contribution is 2.31. The fourth-order valence-electron chi connectivity index (χ4n) is 2.00. The van der Waals surface area contributed by atoms with Gasteiger partial charge in [0.05, 0.1) is 11.6 Å². The van der Waals surface area contributed by atoms with Crippen LogP contribution >= 0.6 is 11.6 Å². The zero-order valence-corrected chi connectivity index (χ0v) is 12.2. The molecule has 1 heterocycles. The molecule has 4 nitrogen and oxygen atoms in total. The van der Waals surface area contributed by atoms with Gasteiger partial charge in [0.1, 0.15) is 11.2 Å². The summed E-state index contributed by atoms with van der Waals surface area (Å²) < 4.78 is 13.9. The molecular formula is C13H17ClFN3O. The van der Waals surface area contributed by atoms with Gasteiger partial charge in [-0.3, -0.25) is 5.21 Å². The van der Waals surface area contributed by atoms with Gasteiger partial charge in [-0.15, -0.1) is 0 Å². The lowest BCUT2D eigenvalue weighted by atomic mass is 9.85. The summed E-state index contributed by atoms with van der Waals surface area (Å²) in [5.41, 5.74) is -0.321. The molecule has 104 valence electrons. The van der Waals surface area contributed by atoms with E-state index in [0.717, 1.165) is 11.1 Å². The van der Waals surface area contributed by atoms with Crippen LogP contribution in [0, 0.1) is 22.6 Å². The molecule has 0 saturated heterocycles. The maximum Gasteiger partial charge on any atom is 0.190 e. The average molecular weight is 286 g/mol. The second kappa shape index (κ2) is 5.72. The Balaban J connectivity index is 3.23. The molecule has 1 aromatic heterocycles. The predicted molar refractivity (Wildman–Crippen MR) is 71.7 cm³/mol. The fourth-order valence-corrected chi connectivity index (χ4v) is 2.17. The molecule has 1 rings (SSSR count). The van der Waals surface area contributed by atoms with Crippen LogP contribution in [-0.2, 0) is 0 Å². The van der Waals surface area contributed by atoms with Crippen LogP contribution in [-0.4, -0.2) is 16.2 Å². The maximum absolute atomic E-state index is 13.9. The van der Waals surface area contributed by atoms with Gasteiger partial charge in [0.2, 0.25) is 0 Å². The third-order valence-corrected chi connectivity index (χ3v) is 3.22. The summed E-state index contributed by atoms with van der Waals surface area (Å²) in [4.78, 5) is 3.77. The number of hydroxylamine groups is 1. The maximum atomic E-state index is 13.9. The molecule has 1 N–H and O–H groups in total. The molecule has 0 spiro atoms. The van der Waals surface area contributed by atoms with Crippen molar-refractivity contribution in [3.63, 3.8) is 0 Å². The summed E-state index contributed by atoms with van der Waals surface area (Å²) >= 11 is 5.77. The van der Waals surface area contributed by atoms with Gasteiger partial charge in [-0.05, 0) is 17.9 Å². The van der Waals surface area contributed by atoms with Gasteiger partial charge in [-0.2, -0.15) is 5.26 Å². The van der Waals surface area contributed by atoms with Crippen molar-refractivity contribution >= 4 is 17.4 Å². The first-order chi connectivity index (χ1) is 8.72. The monoisotopic (exact) mass is 285 g/mol. The van der Waals surface area contributed by atoms with Gasteiger partial charge in [-0.1, -0.05) is 39.3 Å². The Morgan fingerprint density at radius 2 is 2.16 bits per heavy atom. The largest absolute Gasteiger partial charge is 0.287 e. The van der Waals surface area contributed by atoms with Crippen LogP contribution in [0.5, 0.6) is 0 Å². The van der Waals surface area contributed by atoms with E-state index in [1.165, 1.54) is 0 Å². The Labute approximate surface area is 117 Å². The minimum Gasteiger partial charge on any atom is -0.287 e. The molecule has 1 unspecified atom stereocenters. The molecule has 0 aliphatic rings. The minimum absolute atomic E-state index is 0.0554. The summed E-state index contributed by atoms with van der Waals surface area (Å²) in [7, 11) is 0. The van der Waals surface area contributed by atoms with Gasteiger partial charge in [0.15, 0.2) is 11.6 Å². The van der Waals surface area contributed by atoms with E-state index in [2.05, 4.69) is 4.98 Å². The third-order valence-electron chi connectivity index (χ3n) is 2.93. The first-order valence-electron chi connectivity index (χ1n) is 5.96. The fraction of sp³-hybridized carbons (Fsp3) is 0.538. The Bertz CT molecular complexity index is 508. The number of rotatable bonds is 3. The zero-order chi connectivity index (χ0) is 14.8. The highest BCUT2D eigenvalue weighted by atomic mass is 35.5. The molecule has 0 fully saturated rings. The van der Waals surface area contributed by atoms with Gasteiger partial charge in [0.25, 0.3) is 0 Å². The van der Waals surface area contributed by atoms with Crippen molar-refractivity contribution in [2.75, 3.05) is 5.06 Å². The Hall–Kier alpha value is -1.38. The number of pyridine rings is 1. The lowest BCUT2D eigenvalue weighted by molar-refractivity contribution is 0.140. The number of anilines is 1. The SMILES string of the molecule is CCC(N(O)c1nc(Cl)c(C#N)cc1F)C(C)(C)C. The third kappa shape index (κ3) is 3.34. The average Bonchev–Trinajstić information content (AvgIpc) is 2.30. The van der Waals surface area contributed by atoms with Crippen LogP contribution in [0.4, 0.5) is 10.2 Å². The normalized spacial score (nSPS) is 12.9. The summed E-state index contributed by atoms with van der Waals surface area (Å²) in [6.45, 7) is 7.71. The molecule has 6 heteroatoms. The highest BCUT2D eigenvalue weighted by molar-refractivity contribution is 6.30. The molecule has 0 amide bonds. The van der Waals surface area contributed by atoms with Crippen LogP contribution in [0.25, 0.3) is 0 Å². The number of hydrogen-bond donors (Lipinski definition) is 1. The molecule has 1 atom stereocenters. The van der Waals surface area contributed by atoms with E-state index >= 15 is 0 Å². The molecule has 0 aromatic carbocycles. The van der Waals surface area contributed by atoms with Crippen molar-refractivity contribution in [2.24, 2.45) is 5.41 Å². The second-order valence-electron chi connectivity index (χ2n) is 5.38. The summed E-state index contributed by atoms with van der Waals surface area (Å²) in [6, 6.07) is 2.40. The molecule has 0 bridgehead atoms.